The summed E-state index contributed by atoms with van der Waals surface area (Å²) >= 11 is 0. The first-order chi connectivity index (χ1) is 9.69. The van der Waals surface area contributed by atoms with Crippen molar-refractivity contribution in [1.82, 2.24) is 4.98 Å². The number of ether oxygens (including phenoxy) is 1. The van der Waals surface area contributed by atoms with Crippen LogP contribution in [0.25, 0.3) is 0 Å². The summed E-state index contributed by atoms with van der Waals surface area (Å²) in [5, 5.41) is 17.3. The minimum absolute atomic E-state index is 0.148. The highest BCUT2D eigenvalue weighted by Gasteiger charge is 2.03. The Morgan fingerprint density at radius 1 is 1.25 bits per heavy atom. The molecule has 0 fully saturated rings. The second-order valence-corrected chi connectivity index (χ2v) is 4.11. The lowest BCUT2D eigenvalue weighted by atomic mass is 10.2. The molecule has 20 heavy (non-hydrogen) atoms. The first-order valence-corrected chi connectivity index (χ1v) is 5.96. The van der Waals surface area contributed by atoms with Crippen molar-refractivity contribution in [1.29, 1.82) is 5.26 Å². The minimum atomic E-state index is -1.00. The Bertz CT molecular complexity index is 628. The molecule has 2 rings (SSSR count). The summed E-state index contributed by atoms with van der Waals surface area (Å²) < 4.78 is 5.53. The van der Waals surface area contributed by atoms with Crippen LogP contribution in [0.5, 0.6) is 5.75 Å². The molecule has 0 spiro atoms. The molecule has 2 aromatic rings. The summed E-state index contributed by atoms with van der Waals surface area (Å²) in [7, 11) is 0. The monoisotopic (exact) mass is 268 g/mol. The molecule has 0 aliphatic heterocycles. The number of nitriles is 1. The number of carboxylic acid groups (broad SMARTS) is 1. The molecule has 0 bridgehead atoms. The second kappa shape index (κ2) is 6.34. The molecule has 1 aromatic heterocycles. The number of pyridine rings is 1. The number of hydrogen-bond donors (Lipinski definition) is 1. The van der Waals surface area contributed by atoms with Gasteiger partial charge >= 0.3 is 5.97 Å². The van der Waals surface area contributed by atoms with E-state index in [0.717, 1.165) is 5.56 Å². The van der Waals surface area contributed by atoms with Crippen LogP contribution in [0.15, 0.2) is 42.6 Å². The Morgan fingerprint density at radius 3 is 2.55 bits per heavy atom. The van der Waals surface area contributed by atoms with E-state index in [1.54, 1.807) is 18.2 Å². The van der Waals surface area contributed by atoms with Gasteiger partial charge in [0.05, 0.1) is 23.7 Å². The van der Waals surface area contributed by atoms with E-state index in [9.17, 15) is 4.79 Å². The van der Waals surface area contributed by atoms with E-state index in [2.05, 4.69) is 11.1 Å². The van der Waals surface area contributed by atoms with Gasteiger partial charge in [-0.05, 0) is 29.8 Å². The normalized spacial score (nSPS) is 9.75. The summed E-state index contributed by atoms with van der Waals surface area (Å²) in [5.41, 5.74) is 1.73. The number of benzene rings is 1. The van der Waals surface area contributed by atoms with Gasteiger partial charge in [0.25, 0.3) is 0 Å². The summed E-state index contributed by atoms with van der Waals surface area (Å²) in [6.07, 6.45) is 1.68. The van der Waals surface area contributed by atoms with Crippen LogP contribution in [0.1, 0.15) is 21.6 Å². The maximum Gasteiger partial charge on any atom is 0.337 e. The number of nitrogens with zero attached hydrogens (tertiary/aromatic N) is 2. The van der Waals surface area contributed by atoms with Crippen molar-refractivity contribution in [2.45, 2.75) is 13.0 Å². The van der Waals surface area contributed by atoms with Crippen LogP contribution in [0, 0.1) is 11.3 Å². The van der Waals surface area contributed by atoms with Gasteiger partial charge in [0, 0.05) is 6.20 Å². The first kappa shape index (κ1) is 13.6. The van der Waals surface area contributed by atoms with Crippen molar-refractivity contribution in [3.05, 3.63) is 59.4 Å². The molecule has 0 unspecified atom stereocenters. The van der Waals surface area contributed by atoms with E-state index in [4.69, 9.17) is 15.1 Å². The van der Waals surface area contributed by atoms with Crippen LogP contribution < -0.4 is 4.74 Å². The van der Waals surface area contributed by atoms with Crippen molar-refractivity contribution < 1.29 is 14.6 Å². The maximum atomic E-state index is 10.7. The largest absolute Gasteiger partial charge is 0.487 e. The Morgan fingerprint density at radius 2 is 2.00 bits per heavy atom. The molecule has 0 saturated carbocycles. The Hall–Kier alpha value is -2.87. The van der Waals surface area contributed by atoms with Crippen molar-refractivity contribution in [2.75, 3.05) is 0 Å². The molecule has 0 aliphatic rings. The van der Waals surface area contributed by atoms with Gasteiger partial charge in [-0.1, -0.05) is 12.1 Å². The Balaban J connectivity index is 1.94. The molecule has 0 radical (unpaired) electrons. The van der Waals surface area contributed by atoms with Crippen LogP contribution in [0.3, 0.4) is 0 Å². The molecule has 5 nitrogen and oxygen atoms in total. The van der Waals surface area contributed by atoms with Gasteiger partial charge in [-0.15, -0.1) is 0 Å². The van der Waals surface area contributed by atoms with Gasteiger partial charge in [0.2, 0.25) is 0 Å². The van der Waals surface area contributed by atoms with Crippen molar-refractivity contribution in [2.24, 2.45) is 0 Å². The predicted molar refractivity (Wildman–Crippen MR) is 71.3 cm³/mol. The molecule has 0 aliphatic carbocycles. The molecule has 1 heterocycles. The number of aromatic nitrogens is 1. The van der Waals surface area contributed by atoms with E-state index in [1.807, 2.05) is 12.1 Å². The first-order valence-electron chi connectivity index (χ1n) is 5.96. The zero-order valence-electron chi connectivity index (χ0n) is 10.6. The van der Waals surface area contributed by atoms with Crippen molar-refractivity contribution in [3.63, 3.8) is 0 Å². The highest BCUT2D eigenvalue weighted by molar-refractivity contribution is 5.87. The molecule has 0 atom stereocenters. The van der Waals surface area contributed by atoms with Gasteiger partial charge in [-0.2, -0.15) is 5.26 Å². The quantitative estimate of drug-likeness (QED) is 0.900. The summed E-state index contributed by atoms with van der Waals surface area (Å²) in [5.74, 6) is -0.325. The topological polar surface area (TPSA) is 83.2 Å². The van der Waals surface area contributed by atoms with E-state index in [1.165, 1.54) is 12.3 Å². The molecule has 0 amide bonds. The number of carbonyl (C=O) groups is 1. The highest BCUT2D eigenvalue weighted by Crippen LogP contribution is 2.14. The fourth-order valence-corrected chi connectivity index (χ4v) is 1.59. The predicted octanol–water partition coefficient (Wildman–Crippen LogP) is 2.42. The fourth-order valence-electron chi connectivity index (χ4n) is 1.59. The highest BCUT2D eigenvalue weighted by atomic mass is 16.5. The van der Waals surface area contributed by atoms with Gasteiger partial charge < -0.3 is 9.84 Å². The molecule has 5 heteroatoms. The van der Waals surface area contributed by atoms with Crippen LogP contribution in [-0.2, 0) is 13.0 Å². The van der Waals surface area contributed by atoms with Crippen molar-refractivity contribution >= 4 is 5.97 Å². The number of rotatable bonds is 5. The van der Waals surface area contributed by atoms with E-state index in [-0.39, 0.29) is 12.2 Å². The molecule has 1 aromatic carbocycles. The second-order valence-electron chi connectivity index (χ2n) is 4.11. The van der Waals surface area contributed by atoms with E-state index in [0.29, 0.717) is 17.9 Å². The third-order valence-electron chi connectivity index (χ3n) is 2.66. The maximum absolute atomic E-state index is 10.7. The van der Waals surface area contributed by atoms with E-state index < -0.39 is 5.97 Å². The molecule has 100 valence electrons. The third-order valence-corrected chi connectivity index (χ3v) is 2.66. The average Bonchev–Trinajstić information content (AvgIpc) is 2.47. The lowest BCUT2D eigenvalue weighted by Crippen LogP contribution is -2.01. The zero-order chi connectivity index (χ0) is 14.4. The summed E-state index contributed by atoms with van der Waals surface area (Å²) in [6.45, 7) is 0.261. The number of aromatic carboxylic acids is 1. The SMILES string of the molecule is N#CCc1ccc(OCc2ccc(C(=O)O)cn2)cc1. The summed E-state index contributed by atoms with van der Waals surface area (Å²) in [4.78, 5) is 14.7. The molecular weight excluding hydrogens is 256 g/mol. The van der Waals surface area contributed by atoms with Crippen LogP contribution in [0.2, 0.25) is 0 Å². The average molecular weight is 268 g/mol. The van der Waals surface area contributed by atoms with Gasteiger partial charge in [-0.3, -0.25) is 4.98 Å². The Labute approximate surface area is 116 Å². The molecule has 1 N–H and O–H groups in total. The fraction of sp³-hybridized carbons (Fsp3) is 0.133. The number of carboxylic acids is 1. The van der Waals surface area contributed by atoms with Gasteiger partial charge in [0.1, 0.15) is 12.4 Å². The molecule has 0 saturated heterocycles. The smallest absolute Gasteiger partial charge is 0.337 e. The number of hydrogen-bond acceptors (Lipinski definition) is 4. The standard InChI is InChI=1S/C15H12N2O3/c16-8-7-11-1-5-14(6-2-11)20-10-13-4-3-12(9-17-13)15(18)19/h1-6,9H,7,10H2,(H,18,19). The lowest BCUT2D eigenvalue weighted by molar-refractivity contribution is 0.0696. The van der Waals surface area contributed by atoms with Crippen LogP contribution >= 0.6 is 0 Å². The summed E-state index contributed by atoms with van der Waals surface area (Å²) in [6, 6.07) is 12.4. The molecular formula is C15H12N2O3. The van der Waals surface area contributed by atoms with Crippen LogP contribution in [-0.4, -0.2) is 16.1 Å². The van der Waals surface area contributed by atoms with E-state index >= 15 is 0 Å². The lowest BCUT2D eigenvalue weighted by Gasteiger charge is -2.06. The van der Waals surface area contributed by atoms with Gasteiger partial charge in [-0.25, -0.2) is 4.79 Å². The minimum Gasteiger partial charge on any atom is -0.487 e. The zero-order valence-corrected chi connectivity index (χ0v) is 10.6. The Kier molecular flexibility index (Phi) is 4.30. The van der Waals surface area contributed by atoms with Gasteiger partial charge in [0.15, 0.2) is 0 Å². The van der Waals surface area contributed by atoms with Crippen LogP contribution in [0.4, 0.5) is 0 Å². The van der Waals surface area contributed by atoms with Crippen molar-refractivity contribution in [3.8, 4) is 11.8 Å². The third kappa shape index (κ3) is 3.56.